The summed E-state index contributed by atoms with van der Waals surface area (Å²) in [5.41, 5.74) is -0.0623. The van der Waals surface area contributed by atoms with Crippen LogP contribution in [-0.4, -0.2) is 8.42 Å². The molecule has 3 nitrogen and oxygen atoms in total. The third kappa shape index (κ3) is 3.19. The molecule has 0 bridgehead atoms. The summed E-state index contributed by atoms with van der Waals surface area (Å²) < 4.78 is 61.6. The second-order valence-corrected chi connectivity index (χ2v) is 4.93. The molecule has 0 unspecified atom stereocenters. The predicted octanol–water partition coefficient (Wildman–Crippen LogP) is 2.50. The molecular formula is C8H6BrF3NO2S. The van der Waals surface area contributed by atoms with Gasteiger partial charge in [0.05, 0.1) is 10.5 Å². The number of halogens is 4. The molecule has 1 N–H and O–H groups in total. The van der Waals surface area contributed by atoms with Crippen LogP contribution in [0.3, 0.4) is 0 Å². The average molecular weight is 317 g/mol. The zero-order chi connectivity index (χ0) is 12.4. The van der Waals surface area contributed by atoms with Crippen LogP contribution in [0.25, 0.3) is 0 Å². The van der Waals surface area contributed by atoms with Crippen LogP contribution in [0, 0.1) is 5.45 Å². The first-order valence-corrected chi connectivity index (χ1v) is 6.29. The standard InChI is InChI=1S/C8H6BrF3NO2S/c9-5-13-16(14,15)7-3-1-2-6(4-7)8(10,11)12/h1-5,13H. The molecule has 8 heteroatoms. The number of rotatable bonds is 3. The highest BCUT2D eigenvalue weighted by molar-refractivity contribution is 9.10. The first-order chi connectivity index (χ1) is 7.27. The molecule has 0 spiro atoms. The molecule has 0 amide bonds. The van der Waals surface area contributed by atoms with Crippen LogP contribution in [0.5, 0.6) is 0 Å². The lowest BCUT2D eigenvalue weighted by Gasteiger charge is -2.08. The Morgan fingerprint density at radius 3 is 2.44 bits per heavy atom. The Morgan fingerprint density at radius 2 is 1.94 bits per heavy atom. The van der Waals surface area contributed by atoms with Crippen LogP contribution in [0.4, 0.5) is 13.2 Å². The molecule has 16 heavy (non-hydrogen) atoms. The molecule has 0 aliphatic rings. The fourth-order valence-corrected chi connectivity index (χ4v) is 2.50. The fourth-order valence-electron chi connectivity index (χ4n) is 0.966. The molecule has 1 aromatic carbocycles. The van der Waals surface area contributed by atoms with Crippen molar-refractivity contribution in [1.82, 2.24) is 4.72 Å². The Morgan fingerprint density at radius 1 is 1.31 bits per heavy atom. The van der Waals surface area contributed by atoms with E-state index in [-0.39, 0.29) is 0 Å². The number of hydrogen-bond acceptors (Lipinski definition) is 2. The SMILES string of the molecule is O=S(=O)(N[CH]Br)c1cccc(C(F)(F)F)c1. The first kappa shape index (κ1) is 13.5. The number of alkyl halides is 3. The Bertz CT molecular complexity index is 472. The maximum absolute atomic E-state index is 12.3. The molecule has 0 aliphatic carbocycles. The van der Waals surface area contributed by atoms with Crippen molar-refractivity contribution in [2.75, 3.05) is 0 Å². The van der Waals surface area contributed by atoms with Crippen LogP contribution < -0.4 is 4.72 Å². The van der Waals surface area contributed by atoms with Gasteiger partial charge in [-0.2, -0.15) is 17.9 Å². The van der Waals surface area contributed by atoms with Gasteiger partial charge in [-0.15, -0.1) is 0 Å². The van der Waals surface area contributed by atoms with E-state index in [9.17, 15) is 21.6 Å². The van der Waals surface area contributed by atoms with Crippen molar-refractivity contribution in [3.63, 3.8) is 0 Å². The molecule has 0 heterocycles. The largest absolute Gasteiger partial charge is 0.416 e. The second kappa shape index (κ2) is 4.72. The summed E-state index contributed by atoms with van der Waals surface area (Å²) in [6.45, 7) is 0. The lowest BCUT2D eigenvalue weighted by Crippen LogP contribution is -2.19. The van der Waals surface area contributed by atoms with Crippen molar-refractivity contribution in [2.24, 2.45) is 0 Å². The molecule has 0 saturated heterocycles. The summed E-state index contributed by atoms with van der Waals surface area (Å²) in [6.07, 6.45) is -4.57. The van der Waals surface area contributed by atoms with Gasteiger partial charge < -0.3 is 0 Å². The van der Waals surface area contributed by atoms with Gasteiger partial charge in [0.1, 0.15) is 5.45 Å². The molecule has 0 aliphatic heterocycles. The second-order valence-electron chi connectivity index (χ2n) is 2.76. The lowest BCUT2D eigenvalue weighted by molar-refractivity contribution is -0.137. The summed E-state index contributed by atoms with van der Waals surface area (Å²) in [5.74, 6) is 0. The quantitative estimate of drug-likeness (QED) is 0.871. The van der Waals surface area contributed by atoms with Gasteiger partial charge in [0.15, 0.2) is 0 Å². The van der Waals surface area contributed by atoms with Gasteiger partial charge in [-0.25, -0.2) is 8.42 Å². The maximum Gasteiger partial charge on any atom is 0.416 e. The van der Waals surface area contributed by atoms with E-state index >= 15 is 0 Å². The van der Waals surface area contributed by atoms with E-state index in [1.165, 1.54) is 0 Å². The van der Waals surface area contributed by atoms with Gasteiger partial charge in [-0.3, -0.25) is 0 Å². The maximum atomic E-state index is 12.3. The fraction of sp³-hybridized carbons (Fsp3) is 0.125. The molecule has 1 radical (unpaired) electrons. The summed E-state index contributed by atoms with van der Waals surface area (Å²) in [6, 6.07) is 3.48. The van der Waals surface area contributed by atoms with Gasteiger partial charge in [-0.05, 0) is 18.2 Å². The van der Waals surface area contributed by atoms with E-state index in [2.05, 4.69) is 15.9 Å². The van der Waals surface area contributed by atoms with Gasteiger partial charge in [-0.1, -0.05) is 22.0 Å². The van der Waals surface area contributed by atoms with Gasteiger partial charge >= 0.3 is 6.18 Å². The molecule has 0 aromatic heterocycles. The van der Waals surface area contributed by atoms with E-state index in [4.69, 9.17) is 0 Å². The van der Waals surface area contributed by atoms with Crippen molar-refractivity contribution >= 4 is 26.0 Å². The number of sulfonamides is 1. The molecular weight excluding hydrogens is 311 g/mol. The Kier molecular flexibility index (Phi) is 3.97. The third-order valence-electron chi connectivity index (χ3n) is 1.67. The number of benzene rings is 1. The van der Waals surface area contributed by atoms with Crippen LogP contribution in [0.15, 0.2) is 29.2 Å². The van der Waals surface area contributed by atoms with E-state index in [0.717, 1.165) is 23.7 Å². The molecule has 89 valence electrons. The van der Waals surface area contributed by atoms with E-state index in [1.807, 2.05) is 4.72 Å². The van der Waals surface area contributed by atoms with Gasteiger partial charge in [0, 0.05) is 0 Å². The van der Waals surface area contributed by atoms with Crippen LogP contribution in [0.2, 0.25) is 0 Å². The van der Waals surface area contributed by atoms with E-state index < -0.39 is 26.7 Å². The van der Waals surface area contributed by atoms with Crippen molar-refractivity contribution < 1.29 is 21.6 Å². The average Bonchev–Trinajstić information content (AvgIpc) is 2.16. The molecule has 1 aromatic rings. The minimum Gasteiger partial charge on any atom is -0.207 e. The zero-order valence-electron chi connectivity index (χ0n) is 7.62. The Balaban J connectivity index is 3.19. The minimum absolute atomic E-state index is 0.446. The van der Waals surface area contributed by atoms with Crippen molar-refractivity contribution in [3.8, 4) is 0 Å². The highest BCUT2D eigenvalue weighted by Crippen LogP contribution is 2.30. The van der Waals surface area contributed by atoms with Crippen LogP contribution in [-0.2, 0) is 16.2 Å². The van der Waals surface area contributed by atoms with Crippen molar-refractivity contribution in [1.29, 1.82) is 0 Å². The topological polar surface area (TPSA) is 46.2 Å². The number of hydrogen-bond donors (Lipinski definition) is 1. The van der Waals surface area contributed by atoms with Gasteiger partial charge in [0.25, 0.3) is 0 Å². The summed E-state index contributed by atoms with van der Waals surface area (Å²) >= 11 is 2.70. The summed E-state index contributed by atoms with van der Waals surface area (Å²) in [7, 11) is -3.95. The van der Waals surface area contributed by atoms with Gasteiger partial charge in [0.2, 0.25) is 10.0 Å². The molecule has 1 rings (SSSR count). The highest BCUT2D eigenvalue weighted by atomic mass is 79.9. The molecule has 0 fully saturated rings. The number of nitrogens with one attached hydrogen (secondary N) is 1. The normalized spacial score (nSPS) is 12.8. The zero-order valence-corrected chi connectivity index (χ0v) is 10.0. The van der Waals surface area contributed by atoms with E-state index in [0.29, 0.717) is 6.07 Å². The first-order valence-electron chi connectivity index (χ1n) is 3.89. The monoisotopic (exact) mass is 316 g/mol. The third-order valence-corrected chi connectivity index (χ3v) is 3.51. The van der Waals surface area contributed by atoms with Crippen molar-refractivity contribution in [2.45, 2.75) is 11.1 Å². The minimum atomic E-state index is -4.57. The van der Waals surface area contributed by atoms with Crippen LogP contribution >= 0.6 is 15.9 Å². The lowest BCUT2D eigenvalue weighted by atomic mass is 10.2. The predicted molar refractivity (Wildman–Crippen MR) is 55.0 cm³/mol. The van der Waals surface area contributed by atoms with Crippen molar-refractivity contribution in [3.05, 3.63) is 35.3 Å². The summed E-state index contributed by atoms with van der Waals surface area (Å²) in [4.78, 5) is -0.446. The Labute approximate surface area is 98.8 Å². The summed E-state index contributed by atoms with van der Waals surface area (Å²) in [5, 5.41) is 0. The highest BCUT2D eigenvalue weighted by Gasteiger charge is 2.31. The Hall–Kier alpha value is -0.600. The molecule has 0 atom stereocenters. The molecule has 0 saturated carbocycles. The van der Waals surface area contributed by atoms with E-state index in [1.54, 1.807) is 0 Å². The smallest absolute Gasteiger partial charge is 0.207 e. The van der Waals surface area contributed by atoms with Crippen LogP contribution in [0.1, 0.15) is 5.56 Å².